The van der Waals surface area contributed by atoms with Gasteiger partial charge < -0.3 is 10.7 Å². The van der Waals surface area contributed by atoms with Gasteiger partial charge in [-0.1, -0.05) is 42.5 Å². The summed E-state index contributed by atoms with van der Waals surface area (Å²) in [6, 6.07) is 18.6. The van der Waals surface area contributed by atoms with Crippen LogP contribution < -0.4 is 22.0 Å². The Morgan fingerprint density at radius 1 is 1.04 bits per heavy atom. The van der Waals surface area contributed by atoms with Gasteiger partial charge in [-0.3, -0.25) is 5.84 Å². The highest BCUT2D eigenvalue weighted by Gasteiger charge is 2.40. The Balaban J connectivity index is 1.56. The van der Waals surface area contributed by atoms with E-state index in [1.54, 1.807) is 0 Å². The third kappa shape index (κ3) is 3.58. The molecule has 26 heavy (non-hydrogen) atoms. The minimum absolute atomic E-state index is 0.216. The Labute approximate surface area is 154 Å². The molecule has 2 aromatic rings. The van der Waals surface area contributed by atoms with E-state index in [9.17, 15) is 0 Å². The Hall–Kier alpha value is -2.41. The molecule has 5 N–H and O–H groups in total. The number of nitrogens with two attached hydrogens (primary N) is 1. The van der Waals surface area contributed by atoms with Crippen LogP contribution in [0.15, 0.2) is 59.6 Å². The molecule has 2 aromatic carbocycles. The first-order valence-electron chi connectivity index (χ1n) is 9.24. The van der Waals surface area contributed by atoms with Crippen molar-refractivity contribution in [1.82, 2.24) is 15.9 Å². The molecule has 1 spiro atoms. The van der Waals surface area contributed by atoms with Crippen molar-refractivity contribution in [3.05, 3.63) is 60.2 Å². The molecule has 0 aliphatic carbocycles. The number of aliphatic imine (C=N–C) groups is 1. The highest BCUT2D eigenvalue weighted by molar-refractivity contribution is 6.00. The number of anilines is 1. The van der Waals surface area contributed by atoms with Crippen molar-refractivity contribution >= 4 is 17.2 Å². The van der Waals surface area contributed by atoms with Gasteiger partial charge in [0.2, 0.25) is 0 Å². The largest absolute Gasteiger partial charge is 0.371 e. The zero-order valence-electron chi connectivity index (χ0n) is 14.9. The molecular formula is C20H26N6. The van der Waals surface area contributed by atoms with Crippen LogP contribution in [0.3, 0.4) is 0 Å². The van der Waals surface area contributed by atoms with Gasteiger partial charge in [0, 0.05) is 19.6 Å². The third-order valence-corrected chi connectivity index (χ3v) is 5.18. The van der Waals surface area contributed by atoms with Crippen LogP contribution >= 0.6 is 0 Å². The average Bonchev–Trinajstić information content (AvgIpc) is 2.85. The van der Waals surface area contributed by atoms with Crippen molar-refractivity contribution in [1.29, 1.82) is 0 Å². The first-order chi connectivity index (χ1) is 12.8. The van der Waals surface area contributed by atoms with E-state index < -0.39 is 0 Å². The van der Waals surface area contributed by atoms with Crippen LogP contribution in [0.5, 0.6) is 0 Å². The lowest BCUT2D eigenvalue weighted by atomic mass is 9.87. The number of hydrogen-bond donors (Lipinski definition) is 4. The highest BCUT2D eigenvalue weighted by atomic mass is 15.4. The maximum absolute atomic E-state index is 6.07. The van der Waals surface area contributed by atoms with E-state index in [0.29, 0.717) is 0 Å². The van der Waals surface area contributed by atoms with Crippen molar-refractivity contribution in [2.24, 2.45) is 10.8 Å². The lowest BCUT2D eigenvalue weighted by molar-refractivity contribution is 0.293. The zero-order valence-corrected chi connectivity index (χ0v) is 14.9. The first kappa shape index (κ1) is 17.0. The lowest BCUT2D eigenvalue weighted by Gasteiger charge is -2.39. The Kier molecular flexibility index (Phi) is 4.88. The monoisotopic (exact) mass is 350 g/mol. The standard InChI is InChI=1S/C20H26N6/c21-26-13-6-11-20(12-14-26)19(23-17-9-4-5-10-18(17)24-20)25-22-15-16-7-2-1-3-8-16/h1-5,7-10,22,24H,6,11-15,21H2,(H,23,25). The molecule has 136 valence electrons. The molecule has 0 aromatic heterocycles. The summed E-state index contributed by atoms with van der Waals surface area (Å²) in [5, 5.41) is 5.66. The SMILES string of the molecule is NN1CCCC2(CC1)Nc1ccccc1N=C2NNCc1ccccc1. The normalized spacial score (nSPS) is 22.9. The van der Waals surface area contributed by atoms with Gasteiger partial charge in [-0.15, -0.1) is 0 Å². The van der Waals surface area contributed by atoms with E-state index in [4.69, 9.17) is 10.8 Å². The molecule has 0 saturated carbocycles. The van der Waals surface area contributed by atoms with Crippen molar-refractivity contribution in [3.8, 4) is 0 Å². The molecule has 2 aliphatic heterocycles. The second kappa shape index (κ2) is 7.45. The Bertz CT molecular complexity index is 775. The highest BCUT2D eigenvalue weighted by Crippen LogP contribution is 2.37. The Morgan fingerprint density at radius 3 is 2.73 bits per heavy atom. The van der Waals surface area contributed by atoms with E-state index in [-0.39, 0.29) is 5.54 Å². The second-order valence-electron chi connectivity index (χ2n) is 7.04. The summed E-state index contributed by atoms with van der Waals surface area (Å²) >= 11 is 0. The van der Waals surface area contributed by atoms with E-state index >= 15 is 0 Å². The summed E-state index contributed by atoms with van der Waals surface area (Å²) < 4.78 is 0. The fourth-order valence-electron chi connectivity index (χ4n) is 3.71. The second-order valence-corrected chi connectivity index (χ2v) is 7.04. The quantitative estimate of drug-likeness (QED) is 0.505. The average molecular weight is 350 g/mol. The molecule has 1 saturated heterocycles. The predicted octanol–water partition coefficient (Wildman–Crippen LogP) is 2.53. The summed E-state index contributed by atoms with van der Waals surface area (Å²) in [4.78, 5) is 4.94. The number of rotatable bonds is 3. The zero-order chi connectivity index (χ0) is 17.8. The minimum atomic E-state index is -0.216. The van der Waals surface area contributed by atoms with Crippen molar-refractivity contribution in [2.75, 3.05) is 18.4 Å². The summed E-state index contributed by atoms with van der Waals surface area (Å²) in [5.41, 5.74) is 9.80. The van der Waals surface area contributed by atoms with E-state index in [1.165, 1.54) is 5.56 Å². The molecule has 1 atom stereocenters. The van der Waals surface area contributed by atoms with Crippen LogP contribution in [-0.4, -0.2) is 29.5 Å². The molecule has 4 rings (SSSR count). The number of nitrogens with zero attached hydrogens (tertiary/aromatic N) is 2. The van der Waals surface area contributed by atoms with Crippen LogP contribution in [0, 0.1) is 0 Å². The number of hydrazine groups is 2. The van der Waals surface area contributed by atoms with Crippen molar-refractivity contribution in [3.63, 3.8) is 0 Å². The van der Waals surface area contributed by atoms with Crippen molar-refractivity contribution in [2.45, 2.75) is 31.3 Å². The van der Waals surface area contributed by atoms with Gasteiger partial charge in [-0.2, -0.15) is 0 Å². The number of para-hydroxylation sites is 2. The van der Waals surface area contributed by atoms with Gasteiger partial charge in [0.05, 0.1) is 16.9 Å². The number of amidine groups is 1. The third-order valence-electron chi connectivity index (χ3n) is 5.18. The van der Waals surface area contributed by atoms with Crippen molar-refractivity contribution < 1.29 is 0 Å². The molecular weight excluding hydrogens is 324 g/mol. The molecule has 0 radical (unpaired) electrons. The molecule has 1 fully saturated rings. The fraction of sp³-hybridized carbons (Fsp3) is 0.350. The Morgan fingerprint density at radius 2 is 1.85 bits per heavy atom. The summed E-state index contributed by atoms with van der Waals surface area (Å²) in [6.45, 7) is 2.49. The van der Waals surface area contributed by atoms with Crippen LogP contribution in [0.2, 0.25) is 0 Å². The van der Waals surface area contributed by atoms with Gasteiger partial charge in [-0.05, 0) is 37.0 Å². The first-order valence-corrected chi connectivity index (χ1v) is 9.24. The molecule has 0 amide bonds. The molecule has 1 unspecified atom stereocenters. The predicted molar refractivity (Wildman–Crippen MR) is 106 cm³/mol. The number of fused-ring (bicyclic) bond motifs is 1. The fourth-order valence-corrected chi connectivity index (χ4v) is 3.71. The van der Waals surface area contributed by atoms with Crippen LogP contribution in [0.1, 0.15) is 24.8 Å². The maximum atomic E-state index is 6.07. The van der Waals surface area contributed by atoms with Crippen LogP contribution in [0.25, 0.3) is 0 Å². The minimum Gasteiger partial charge on any atom is -0.371 e. The molecule has 0 bridgehead atoms. The van der Waals surface area contributed by atoms with Gasteiger partial charge in [0.25, 0.3) is 0 Å². The summed E-state index contributed by atoms with van der Waals surface area (Å²) in [6.07, 6.45) is 2.94. The van der Waals surface area contributed by atoms with Gasteiger partial charge in [0.1, 0.15) is 5.84 Å². The smallest absolute Gasteiger partial charge is 0.142 e. The van der Waals surface area contributed by atoms with Crippen LogP contribution in [-0.2, 0) is 6.54 Å². The van der Waals surface area contributed by atoms with E-state index in [2.05, 4.69) is 46.5 Å². The van der Waals surface area contributed by atoms with E-state index in [1.807, 2.05) is 29.3 Å². The lowest BCUT2D eigenvalue weighted by Crippen LogP contribution is -2.57. The summed E-state index contributed by atoms with van der Waals surface area (Å²) in [7, 11) is 0. The number of hydrogen-bond acceptors (Lipinski definition) is 6. The number of nitrogens with one attached hydrogen (secondary N) is 3. The van der Waals surface area contributed by atoms with E-state index in [0.717, 1.165) is 56.1 Å². The molecule has 6 nitrogen and oxygen atoms in total. The molecule has 2 heterocycles. The summed E-state index contributed by atoms with van der Waals surface area (Å²) in [5.74, 6) is 7.02. The van der Waals surface area contributed by atoms with Crippen LogP contribution in [0.4, 0.5) is 11.4 Å². The van der Waals surface area contributed by atoms with Gasteiger partial charge >= 0.3 is 0 Å². The topological polar surface area (TPSA) is 77.7 Å². The number of benzene rings is 2. The van der Waals surface area contributed by atoms with Gasteiger partial charge in [-0.25, -0.2) is 15.4 Å². The van der Waals surface area contributed by atoms with Gasteiger partial charge in [0.15, 0.2) is 0 Å². The molecule has 2 aliphatic rings. The molecule has 6 heteroatoms. The maximum Gasteiger partial charge on any atom is 0.142 e.